The molecule has 1 aromatic heterocycles. The molecule has 2 aliphatic rings. The molecule has 2 aromatic carbocycles. The fraction of sp³-hybridized carbons (Fsp3) is 0.385. The number of benzene rings is 2. The lowest BCUT2D eigenvalue weighted by molar-refractivity contribution is -0.274. The summed E-state index contributed by atoms with van der Waals surface area (Å²) in [6.07, 6.45) is -0.00910. The fourth-order valence-electron chi connectivity index (χ4n) is 4.82. The third-order valence-electron chi connectivity index (χ3n) is 6.61. The molecule has 0 radical (unpaired) electrons. The third-order valence-corrected chi connectivity index (χ3v) is 7.56. The molecule has 2 heterocycles. The summed E-state index contributed by atoms with van der Waals surface area (Å²) < 4.78 is 42.6. The third kappa shape index (κ3) is 6.12. The quantitative estimate of drug-likeness (QED) is 0.430. The van der Waals surface area contributed by atoms with Gasteiger partial charge in [-0.3, -0.25) is 0 Å². The number of nitrogens with zero attached hydrogens (tertiary/aromatic N) is 5. The summed E-state index contributed by atoms with van der Waals surface area (Å²) in [6, 6.07) is 13.2. The number of amides is 2. The second kappa shape index (κ2) is 11.1. The van der Waals surface area contributed by atoms with E-state index in [1.807, 2.05) is 12.1 Å². The Hall–Kier alpha value is -3.54. The first-order valence-electron chi connectivity index (χ1n) is 12.4. The summed E-state index contributed by atoms with van der Waals surface area (Å²) in [5.74, 6) is 1.28. The van der Waals surface area contributed by atoms with Crippen molar-refractivity contribution in [3.05, 3.63) is 66.2 Å². The number of halogens is 3. The predicted octanol–water partition coefficient (Wildman–Crippen LogP) is 5.68. The second-order valence-electron chi connectivity index (χ2n) is 9.12. The van der Waals surface area contributed by atoms with Gasteiger partial charge in [0.25, 0.3) is 0 Å². The molecule has 0 spiro atoms. The molecule has 1 aliphatic heterocycles. The minimum atomic E-state index is -4.74. The van der Waals surface area contributed by atoms with Crippen molar-refractivity contribution in [2.75, 3.05) is 17.2 Å². The van der Waals surface area contributed by atoms with Crippen LogP contribution in [0.25, 0.3) is 5.69 Å². The van der Waals surface area contributed by atoms with Crippen LogP contribution < -0.4 is 15.0 Å². The molecule has 12 heteroatoms. The Labute approximate surface area is 222 Å². The second-order valence-corrected chi connectivity index (χ2v) is 10.2. The molecule has 0 bridgehead atoms. The Kier molecular flexibility index (Phi) is 7.59. The number of thioether (sulfide) groups is 1. The van der Waals surface area contributed by atoms with Crippen LogP contribution in [0.15, 0.2) is 59.9 Å². The van der Waals surface area contributed by atoms with Crippen LogP contribution in [-0.2, 0) is 6.42 Å². The molecule has 2 amide bonds. The number of carbonyl (C=O) groups is 1. The molecule has 2 unspecified atom stereocenters. The smallest absolute Gasteiger partial charge is 0.406 e. The van der Waals surface area contributed by atoms with Crippen LogP contribution >= 0.6 is 11.8 Å². The number of para-hydroxylation sites is 1. The van der Waals surface area contributed by atoms with Gasteiger partial charge in [0.1, 0.15) is 12.1 Å². The molecule has 1 aliphatic carbocycles. The highest BCUT2D eigenvalue weighted by Gasteiger charge is 2.32. The van der Waals surface area contributed by atoms with Gasteiger partial charge in [-0.1, -0.05) is 36.9 Å². The van der Waals surface area contributed by atoms with E-state index in [4.69, 9.17) is 0 Å². The van der Waals surface area contributed by atoms with E-state index in [-0.39, 0.29) is 23.7 Å². The van der Waals surface area contributed by atoms with E-state index >= 15 is 0 Å². The van der Waals surface area contributed by atoms with Gasteiger partial charge < -0.3 is 15.0 Å². The van der Waals surface area contributed by atoms with Gasteiger partial charge in [0.15, 0.2) is 11.0 Å². The minimum absolute atomic E-state index is 0.0367. The summed E-state index contributed by atoms with van der Waals surface area (Å²) in [4.78, 5) is 23.7. The number of urea groups is 1. The number of anilines is 1. The van der Waals surface area contributed by atoms with Crippen molar-refractivity contribution >= 4 is 28.6 Å². The van der Waals surface area contributed by atoms with E-state index in [0.717, 1.165) is 37.2 Å². The standard InChI is InChI=1S/C26H27F3N6O2S/c1-2-17-5-3-4-6-22(17)34-13-14-38-25(34)32-24(36)31-19-8-7-18(15-19)23-30-16-35(33-23)20-9-11-21(12-10-20)37-26(27,28)29/h3-6,9-12,16,18-19H,2,7-8,13-15H2,1H3,(H,31,36)/b32-25-. The summed E-state index contributed by atoms with van der Waals surface area (Å²) in [5, 5.41) is 8.26. The molecule has 5 rings (SSSR count). The van der Waals surface area contributed by atoms with Gasteiger partial charge in [-0.25, -0.2) is 14.5 Å². The number of aliphatic imine (C=N–C) groups is 1. The maximum Gasteiger partial charge on any atom is 0.573 e. The molecule has 2 atom stereocenters. The molecule has 1 saturated heterocycles. The summed E-state index contributed by atoms with van der Waals surface area (Å²) in [7, 11) is 0. The van der Waals surface area contributed by atoms with E-state index in [9.17, 15) is 18.0 Å². The van der Waals surface area contributed by atoms with E-state index in [2.05, 4.69) is 49.1 Å². The monoisotopic (exact) mass is 544 g/mol. The zero-order chi connectivity index (χ0) is 26.7. The van der Waals surface area contributed by atoms with Crippen molar-refractivity contribution in [3.8, 4) is 11.4 Å². The molecule has 3 aromatic rings. The van der Waals surface area contributed by atoms with Gasteiger partial charge in [0.05, 0.1) is 5.69 Å². The Morgan fingerprint density at radius 3 is 2.74 bits per heavy atom. The molecular weight excluding hydrogens is 517 g/mol. The SMILES string of the molecule is CCc1ccccc1N1CCS/C1=N\C(=O)NC1CCC(c2ncn(-c3ccc(OC(F)(F)F)cc3)n2)C1. The highest BCUT2D eigenvalue weighted by molar-refractivity contribution is 8.14. The van der Waals surface area contributed by atoms with Crippen molar-refractivity contribution in [1.82, 2.24) is 20.1 Å². The highest BCUT2D eigenvalue weighted by Crippen LogP contribution is 2.33. The largest absolute Gasteiger partial charge is 0.573 e. The van der Waals surface area contributed by atoms with Gasteiger partial charge in [-0.05, 0) is 61.6 Å². The van der Waals surface area contributed by atoms with Crippen LogP contribution in [0.3, 0.4) is 0 Å². The van der Waals surface area contributed by atoms with Crippen LogP contribution in [0.4, 0.5) is 23.7 Å². The first kappa shape index (κ1) is 26.1. The molecule has 8 nitrogen and oxygen atoms in total. The van der Waals surface area contributed by atoms with Crippen molar-refractivity contribution < 1.29 is 22.7 Å². The lowest BCUT2D eigenvalue weighted by Crippen LogP contribution is -2.33. The van der Waals surface area contributed by atoms with Crippen molar-refractivity contribution in [1.29, 1.82) is 0 Å². The Balaban J connectivity index is 1.18. The van der Waals surface area contributed by atoms with Crippen LogP contribution in [0.5, 0.6) is 5.75 Å². The van der Waals surface area contributed by atoms with Gasteiger partial charge in [-0.15, -0.1) is 13.2 Å². The van der Waals surface area contributed by atoms with E-state index in [0.29, 0.717) is 23.1 Å². The molecular formula is C26H27F3N6O2S. The maximum absolute atomic E-state index is 12.8. The van der Waals surface area contributed by atoms with Gasteiger partial charge in [0, 0.05) is 29.9 Å². The summed E-state index contributed by atoms with van der Waals surface area (Å²) in [6.45, 7) is 2.93. The number of aromatic nitrogens is 3. The van der Waals surface area contributed by atoms with Gasteiger partial charge in [0.2, 0.25) is 0 Å². The summed E-state index contributed by atoms with van der Waals surface area (Å²) in [5.41, 5.74) is 2.89. The molecule has 2 fully saturated rings. The number of amidine groups is 1. The average molecular weight is 545 g/mol. The zero-order valence-electron chi connectivity index (χ0n) is 20.7. The number of aryl methyl sites for hydroxylation is 1. The van der Waals surface area contributed by atoms with Crippen molar-refractivity contribution in [2.45, 2.75) is 50.9 Å². The number of ether oxygens (including phenoxy) is 1. The van der Waals surface area contributed by atoms with E-state index in [1.165, 1.54) is 40.8 Å². The first-order valence-corrected chi connectivity index (χ1v) is 13.4. The predicted molar refractivity (Wildman–Crippen MR) is 140 cm³/mol. The molecule has 1 N–H and O–H groups in total. The number of carbonyl (C=O) groups excluding carboxylic acids is 1. The maximum atomic E-state index is 12.8. The number of rotatable bonds is 6. The Morgan fingerprint density at radius 1 is 1.18 bits per heavy atom. The fourth-order valence-corrected chi connectivity index (χ4v) is 5.77. The van der Waals surface area contributed by atoms with E-state index in [1.54, 1.807) is 11.8 Å². The van der Waals surface area contributed by atoms with Crippen LogP contribution in [0, 0.1) is 0 Å². The molecule has 1 saturated carbocycles. The Bertz CT molecular complexity index is 1310. The topological polar surface area (TPSA) is 84.6 Å². The van der Waals surface area contributed by atoms with Crippen LogP contribution in [-0.4, -0.2) is 50.7 Å². The summed E-state index contributed by atoms with van der Waals surface area (Å²) >= 11 is 1.58. The average Bonchev–Trinajstić information content (AvgIpc) is 3.65. The van der Waals surface area contributed by atoms with Gasteiger partial charge in [-0.2, -0.15) is 10.1 Å². The minimum Gasteiger partial charge on any atom is -0.406 e. The molecule has 200 valence electrons. The number of nitrogens with one attached hydrogen (secondary N) is 1. The zero-order valence-corrected chi connectivity index (χ0v) is 21.5. The van der Waals surface area contributed by atoms with Crippen molar-refractivity contribution in [2.24, 2.45) is 4.99 Å². The van der Waals surface area contributed by atoms with Gasteiger partial charge >= 0.3 is 12.4 Å². The number of hydrogen-bond donors (Lipinski definition) is 1. The van der Waals surface area contributed by atoms with Crippen LogP contribution in [0.2, 0.25) is 0 Å². The number of hydrogen-bond acceptors (Lipinski definition) is 5. The lowest BCUT2D eigenvalue weighted by atomic mass is 10.1. The lowest BCUT2D eigenvalue weighted by Gasteiger charge is -2.21. The normalized spacial score (nSPS) is 20.7. The highest BCUT2D eigenvalue weighted by atomic mass is 32.2. The first-order chi connectivity index (χ1) is 18.3. The van der Waals surface area contributed by atoms with Crippen LogP contribution in [0.1, 0.15) is 43.5 Å². The van der Waals surface area contributed by atoms with E-state index < -0.39 is 6.36 Å². The Morgan fingerprint density at radius 2 is 1.97 bits per heavy atom. The molecule has 38 heavy (non-hydrogen) atoms. The van der Waals surface area contributed by atoms with Crippen molar-refractivity contribution in [3.63, 3.8) is 0 Å². The number of alkyl halides is 3.